The zero-order valence-electron chi connectivity index (χ0n) is 9.33. The smallest absolute Gasteiger partial charge is 0.0589 e. The normalized spacial score (nSPS) is 38.6. The largest absolute Gasteiger partial charge is 0.383 e. The fourth-order valence-electron chi connectivity index (χ4n) is 2.78. The lowest BCUT2D eigenvalue weighted by Gasteiger charge is -2.44. The summed E-state index contributed by atoms with van der Waals surface area (Å²) in [4.78, 5) is 2.57. The molecule has 0 aliphatic carbocycles. The number of hydrogen-bond acceptors (Lipinski definition) is 3. The van der Waals surface area contributed by atoms with Gasteiger partial charge in [-0.3, -0.25) is 0 Å². The molecular weight excluding hydrogens is 176 g/mol. The monoisotopic (exact) mass is 198 g/mol. The first-order valence-electron chi connectivity index (χ1n) is 5.74. The van der Waals surface area contributed by atoms with Gasteiger partial charge in [0, 0.05) is 32.8 Å². The van der Waals surface area contributed by atoms with Gasteiger partial charge in [0.05, 0.1) is 6.61 Å². The number of ether oxygens (including phenoxy) is 1. The second-order valence-electron chi connectivity index (χ2n) is 4.81. The summed E-state index contributed by atoms with van der Waals surface area (Å²) < 4.78 is 5.14. The van der Waals surface area contributed by atoms with Gasteiger partial charge >= 0.3 is 0 Å². The molecule has 2 bridgehead atoms. The molecule has 2 heterocycles. The van der Waals surface area contributed by atoms with Gasteiger partial charge in [0.25, 0.3) is 0 Å². The van der Waals surface area contributed by atoms with Crippen LogP contribution in [-0.2, 0) is 4.74 Å². The third-order valence-corrected chi connectivity index (χ3v) is 3.69. The molecule has 2 saturated heterocycles. The van der Waals surface area contributed by atoms with E-state index in [2.05, 4.69) is 17.1 Å². The Morgan fingerprint density at radius 1 is 1.43 bits per heavy atom. The molecule has 2 rings (SSSR count). The lowest BCUT2D eigenvalue weighted by Crippen LogP contribution is -2.55. The summed E-state index contributed by atoms with van der Waals surface area (Å²) in [5, 5.41) is 3.60. The van der Waals surface area contributed by atoms with Crippen LogP contribution in [0.4, 0.5) is 0 Å². The molecule has 0 radical (unpaired) electrons. The van der Waals surface area contributed by atoms with Gasteiger partial charge in [0.1, 0.15) is 0 Å². The molecule has 82 valence electrons. The molecular formula is C11H22N2O. The molecule has 0 spiro atoms. The van der Waals surface area contributed by atoms with Gasteiger partial charge < -0.3 is 15.0 Å². The zero-order valence-corrected chi connectivity index (χ0v) is 9.33. The predicted octanol–water partition coefficient (Wildman–Crippen LogP) is 0.563. The van der Waals surface area contributed by atoms with Gasteiger partial charge in [-0.05, 0) is 31.7 Å². The predicted molar refractivity (Wildman–Crippen MR) is 57.4 cm³/mol. The summed E-state index contributed by atoms with van der Waals surface area (Å²) in [7, 11) is 1.79. The van der Waals surface area contributed by atoms with Crippen molar-refractivity contribution in [2.24, 2.45) is 11.8 Å². The number of fused-ring (bicyclic) bond motifs is 2. The van der Waals surface area contributed by atoms with Crippen molar-refractivity contribution in [1.29, 1.82) is 0 Å². The highest BCUT2D eigenvalue weighted by Gasteiger charge is 2.33. The van der Waals surface area contributed by atoms with Crippen LogP contribution in [0.25, 0.3) is 0 Å². The average Bonchev–Trinajstić information content (AvgIpc) is 2.21. The highest BCUT2D eigenvalue weighted by molar-refractivity contribution is 4.90. The van der Waals surface area contributed by atoms with Crippen molar-refractivity contribution in [2.45, 2.75) is 19.4 Å². The van der Waals surface area contributed by atoms with Crippen LogP contribution in [0.5, 0.6) is 0 Å². The molecule has 0 amide bonds. The van der Waals surface area contributed by atoms with Crippen molar-refractivity contribution in [2.75, 3.05) is 39.9 Å². The van der Waals surface area contributed by atoms with E-state index in [0.29, 0.717) is 6.04 Å². The third kappa shape index (κ3) is 2.27. The topological polar surface area (TPSA) is 24.5 Å². The minimum absolute atomic E-state index is 0.705. The van der Waals surface area contributed by atoms with E-state index in [1.54, 1.807) is 7.11 Å². The third-order valence-electron chi connectivity index (χ3n) is 3.69. The molecule has 0 saturated carbocycles. The van der Waals surface area contributed by atoms with Gasteiger partial charge in [0.15, 0.2) is 0 Å². The Morgan fingerprint density at radius 2 is 2.29 bits per heavy atom. The summed E-state index contributed by atoms with van der Waals surface area (Å²) in [5.41, 5.74) is 0. The second-order valence-corrected chi connectivity index (χ2v) is 4.81. The number of likely N-dealkylation sites (tertiary alicyclic amines) is 1. The molecule has 0 aromatic carbocycles. The second kappa shape index (κ2) is 4.60. The van der Waals surface area contributed by atoms with E-state index < -0.39 is 0 Å². The van der Waals surface area contributed by atoms with Crippen molar-refractivity contribution < 1.29 is 4.74 Å². The molecule has 0 aromatic heterocycles. The summed E-state index contributed by atoms with van der Waals surface area (Å²) in [6.07, 6.45) is 1.43. The van der Waals surface area contributed by atoms with Crippen molar-refractivity contribution >= 4 is 0 Å². The van der Waals surface area contributed by atoms with Gasteiger partial charge in [-0.25, -0.2) is 0 Å². The molecule has 2 aliphatic rings. The molecule has 1 N–H and O–H groups in total. The first-order valence-corrected chi connectivity index (χ1v) is 5.74. The summed E-state index contributed by atoms with van der Waals surface area (Å²) in [6, 6.07) is 0.705. The van der Waals surface area contributed by atoms with Crippen LogP contribution in [-0.4, -0.2) is 50.8 Å². The molecule has 3 atom stereocenters. The van der Waals surface area contributed by atoms with E-state index >= 15 is 0 Å². The van der Waals surface area contributed by atoms with E-state index in [1.165, 1.54) is 26.1 Å². The van der Waals surface area contributed by atoms with Crippen molar-refractivity contribution in [3.8, 4) is 0 Å². The Hall–Kier alpha value is -0.120. The van der Waals surface area contributed by atoms with E-state index in [0.717, 1.165) is 25.0 Å². The van der Waals surface area contributed by atoms with E-state index in [-0.39, 0.29) is 0 Å². The van der Waals surface area contributed by atoms with Crippen molar-refractivity contribution in [3.05, 3.63) is 0 Å². The number of hydrogen-bond donors (Lipinski definition) is 1. The van der Waals surface area contributed by atoms with Crippen LogP contribution in [0.2, 0.25) is 0 Å². The summed E-state index contributed by atoms with van der Waals surface area (Å²) in [5.74, 6) is 1.74. The number of rotatable bonds is 3. The summed E-state index contributed by atoms with van der Waals surface area (Å²) in [6.45, 7) is 8.03. The van der Waals surface area contributed by atoms with Gasteiger partial charge in [0.2, 0.25) is 0 Å². The lowest BCUT2D eigenvalue weighted by atomic mass is 9.81. The highest BCUT2D eigenvalue weighted by atomic mass is 16.5. The molecule has 2 aliphatic heterocycles. The maximum atomic E-state index is 5.14. The number of nitrogens with zero attached hydrogens (tertiary/aromatic N) is 1. The first kappa shape index (κ1) is 10.4. The van der Waals surface area contributed by atoms with Crippen LogP contribution in [0.15, 0.2) is 0 Å². The number of piperidine rings is 2. The van der Waals surface area contributed by atoms with Crippen LogP contribution < -0.4 is 5.32 Å². The van der Waals surface area contributed by atoms with Crippen molar-refractivity contribution in [3.63, 3.8) is 0 Å². The first-order chi connectivity index (χ1) is 6.79. The maximum Gasteiger partial charge on any atom is 0.0589 e. The molecule has 14 heavy (non-hydrogen) atoms. The van der Waals surface area contributed by atoms with Crippen LogP contribution in [0.3, 0.4) is 0 Å². The fraction of sp³-hybridized carbons (Fsp3) is 1.00. The minimum atomic E-state index is 0.705. The SMILES string of the molecule is COCCN1C[C@@H]2CN[C@@H](C)[C@@H](C2)C1. The Kier molecular flexibility index (Phi) is 3.42. The van der Waals surface area contributed by atoms with Gasteiger partial charge in [-0.2, -0.15) is 0 Å². The molecule has 3 heteroatoms. The standard InChI is InChI=1S/C11H22N2O/c1-9-11-5-10(6-12-9)7-13(8-11)3-4-14-2/h9-12H,3-8H2,1-2H3/t9-,10-,11-/m0/s1. The Morgan fingerprint density at radius 3 is 3.07 bits per heavy atom. The lowest BCUT2D eigenvalue weighted by molar-refractivity contribution is 0.0530. The van der Waals surface area contributed by atoms with Crippen LogP contribution in [0.1, 0.15) is 13.3 Å². The average molecular weight is 198 g/mol. The Bertz CT molecular complexity index is 186. The number of methoxy groups -OCH3 is 1. The maximum absolute atomic E-state index is 5.14. The van der Waals surface area contributed by atoms with E-state index in [9.17, 15) is 0 Å². The van der Waals surface area contributed by atoms with Crippen LogP contribution in [0, 0.1) is 11.8 Å². The quantitative estimate of drug-likeness (QED) is 0.717. The molecule has 3 nitrogen and oxygen atoms in total. The number of nitrogens with one attached hydrogen (secondary N) is 1. The molecule has 2 fully saturated rings. The highest BCUT2D eigenvalue weighted by Crippen LogP contribution is 2.27. The van der Waals surface area contributed by atoms with Gasteiger partial charge in [-0.1, -0.05) is 0 Å². The zero-order chi connectivity index (χ0) is 9.97. The molecule has 0 aromatic rings. The fourth-order valence-corrected chi connectivity index (χ4v) is 2.78. The van der Waals surface area contributed by atoms with Crippen LogP contribution >= 0.6 is 0 Å². The van der Waals surface area contributed by atoms with Gasteiger partial charge in [-0.15, -0.1) is 0 Å². The molecule has 0 unspecified atom stereocenters. The Labute approximate surface area is 86.8 Å². The minimum Gasteiger partial charge on any atom is -0.383 e. The summed E-state index contributed by atoms with van der Waals surface area (Å²) >= 11 is 0. The van der Waals surface area contributed by atoms with E-state index in [1.807, 2.05) is 0 Å². The van der Waals surface area contributed by atoms with Crippen molar-refractivity contribution in [1.82, 2.24) is 10.2 Å². The van der Waals surface area contributed by atoms with E-state index in [4.69, 9.17) is 4.74 Å². The Balaban J connectivity index is 1.85.